The molecular formula is C10H20N2. The summed E-state index contributed by atoms with van der Waals surface area (Å²) in [5, 5.41) is 8.70. The van der Waals surface area contributed by atoms with Crippen LogP contribution in [0.2, 0.25) is 0 Å². The van der Waals surface area contributed by atoms with Gasteiger partial charge in [-0.3, -0.25) is 4.90 Å². The maximum Gasteiger partial charge on any atom is 0.0949 e. The minimum absolute atomic E-state index is 0.0266. The fourth-order valence-electron chi connectivity index (χ4n) is 1.32. The molecule has 0 saturated heterocycles. The molecule has 0 radical (unpaired) electrons. The molecule has 2 unspecified atom stereocenters. The van der Waals surface area contributed by atoms with Crippen molar-refractivity contribution in [3.63, 3.8) is 0 Å². The predicted octanol–water partition coefficient (Wildman–Crippen LogP) is 2.26. The number of hydrogen-bond acceptors (Lipinski definition) is 2. The molecule has 2 nitrogen and oxygen atoms in total. The van der Waals surface area contributed by atoms with Crippen LogP contribution >= 0.6 is 0 Å². The van der Waals surface area contributed by atoms with Gasteiger partial charge in [-0.15, -0.1) is 0 Å². The van der Waals surface area contributed by atoms with E-state index in [2.05, 4.69) is 31.7 Å². The van der Waals surface area contributed by atoms with E-state index in [9.17, 15) is 0 Å². The van der Waals surface area contributed by atoms with Crippen LogP contribution in [0.1, 0.15) is 34.1 Å². The molecule has 0 heterocycles. The Balaban J connectivity index is 3.93. The SMILES string of the molecule is CC(C)CC(C)N(C)C(C)C#N. The van der Waals surface area contributed by atoms with Crippen molar-refractivity contribution in [1.29, 1.82) is 5.26 Å². The van der Waals surface area contributed by atoms with Crippen LogP contribution in [-0.2, 0) is 0 Å². The van der Waals surface area contributed by atoms with Gasteiger partial charge in [-0.05, 0) is 33.2 Å². The van der Waals surface area contributed by atoms with Crippen LogP contribution in [0.3, 0.4) is 0 Å². The first-order valence-electron chi connectivity index (χ1n) is 4.60. The molecular weight excluding hydrogens is 148 g/mol. The van der Waals surface area contributed by atoms with Gasteiger partial charge >= 0.3 is 0 Å². The zero-order valence-corrected chi connectivity index (χ0v) is 8.83. The van der Waals surface area contributed by atoms with Gasteiger partial charge in [-0.1, -0.05) is 13.8 Å². The molecule has 2 heteroatoms. The normalized spacial score (nSPS) is 16.2. The molecule has 0 aromatic rings. The maximum atomic E-state index is 8.70. The van der Waals surface area contributed by atoms with E-state index in [0.717, 1.165) is 6.42 Å². The molecule has 70 valence electrons. The van der Waals surface area contributed by atoms with Crippen LogP contribution in [0.15, 0.2) is 0 Å². The molecule has 0 spiro atoms. The Bertz CT molecular complexity index is 158. The van der Waals surface area contributed by atoms with Crippen LogP contribution in [0.4, 0.5) is 0 Å². The minimum atomic E-state index is 0.0266. The summed E-state index contributed by atoms with van der Waals surface area (Å²) < 4.78 is 0. The lowest BCUT2D eigenvalue weighted by Gasteiger charge is -2.27. The van der Waals surface area contributed by atoms with E-state index in [-0.39, 0.29) is 6.04 Å². The summed E-state index contributed by atoms with van der Waals surface area (Å²) in [6.07, 6.45) is 1.16. The zero-order valence-electron chi connectivity index (χ0n) is 8.83. The average Bonchev–Trinajstić information content (AvgIpc) is 2.00. The summed E-state index contributed by atoms with van der Waals surface area (Å²) in [6.45, 7) is 8.54. The molecule has 0 N–H and O–H groups in total. The Labute approximate surface area is 76.2 Å². The number of nitrogens with zero attached hydrogens (tertiary/aromatic N) is 2. The van der Waals surface area contributed by atoms with Gasteiger partial charge in [0.15, 0.2) is 0 Å². The zero-order chi connectivity index (χ0) is 9.72. The first-order valence-corrected chi connectivity index (χ1v) is 4.60. The van der Waals surface area contributed by atoms with Gasteiger partial charge in [-0.25, -0.2) is 0 Å². The highest BCUT2D eigenvalue weighted by atomic mass is 15.1. The van der Waals surface area contributed by atoms with Gasteiger partial charge in [0.05, 0.1) is 12.1 Å². The fraction of sp³-hybridized carbons (Fsp3) is 0.900. The Hall–Kier alpha value is -0.550. The van der Waals surface area contributed by atoms with Crippen LogP contribution in [0, 0.1) is 17.2 Å². The third-order valence-corrected chi connectivity index (χ3v) is 2.31. The number of nitriles is 1. The first kappa shape index (κ1) is 11.4. The van der Waals surface area contributed by atoms with E-state index in [1.54, 1.807) is 0 Å². The minimum Gasteiger partial charge on any atom is -0.289 e. The molecule has 0 fully saturated rings. The largest absolute Gasteiger partial charge is 0.289 e. The topological polar surface area (TPSA) is 27.0 Å². The van der Waals surface area contributed by atoms with Crippen molar-refractivity contribution in [2.45, 2.75) is 46.2 Å². The van der Waals surface area contributed by atoms with Gasteiger partial charge in [0.1, 0.15) is 0 Å². The van der Waals surface area contributed by atoms with E-state index >= 15 is 0 Å². The molecule has 0 amide bonds. The quantitative estimate of drug-likeness (QED) is 0.644. The summed E-state index contributed by atoms with van der Waals surface area (Å²) in [5.74, 6) is 0.702. The molecule has 2 atom stereocenters. The molecule has 0 aliphatic rings. The molecule has 0 aliphatic heterocycles. The van der Waals surface area contributed by atoms with Gasteiger partial charge in [-0.2, -0.15) is 5.26 Å². The van der Waals surface area contributed by atoms with Gasteiger partial charge in [0.25, 0.3) is 0 Å². The average molecular weight is 168 g/mol. The van der Waals surface area contributed by atoms with Gasteiger partial charge in [0, 0.05) is 6.04 Å². The number of hydrogen-bond donors (Lipinski definition) is 0. The second-order valence-electron chi connectivity index (χ2n) is 3.95. The molecule has 0 bridgehead atoms. The van der Waals surface area contributed by atoms with Crippen molar-refractivity contribution in [2.75, 3.05) is 7.05 Å². The monoisotopic (exact) mass is 168 g/mol. The van der Waals surface area contributed by atoms with Crippen LogP contribution in [-0.4, -0.2) is 24.0 Å². The molecule has 0 saturated carbocycles. The highest BCUT2D eigenvalue weighted by Gasteiger charge is 2.15. The Morgan fingerprint density at radius 1 is 1.25 bits per heavy atom. The predicted molar refractivity (Wildman–Crippen MR) is 51.8 cm³/mol. The second kappa shape index (κ2) is 5.16. The molecule has 0 rings (SSSR count). The molecule has 0 aromatic carbocycles. The lowest BCUT2D eigenvalue weighted by atomic mass is 10.0. The molecule has 12 heavy (non-hydrogen) atoms. The Morgan fingerprint density at radius 3 is 2.08 bits per heavy atom. The van der Waals surface area contributed by atoms with Crippen LogP contribution in [0.5, 0.6) is 0 Å². The Morgan fingerprint density at radius 2 is 1.75 bits per heavy atom. The van der Waals surface area contributed by atoms with Crippen molar-refractivity contribution in [1.82, 2.24) is 4.90 Å². The smallest absolute Gasteiger partial charge is 0.0949 e. The van der Waals surface area contributed by atoms with Crippen LogP contribution < -0.4 is 0 Å². The first-order chi connectivity index (χ1) is 5.49. The fourth-order valence-corrected chi connectivity index (χ4v) is 1.32. The lowest BCUT2D eigenvalue weighted by Crippen LogP contribution is -2.36. The van der Waals surface area contributed by atoms with E-state index in [0.29, 0.717) is 12.0 Å². The standard InChI is InChI=1S/C10H20N2/c1-8(2)6-9(3)12(5)10(4)7-11/h8-10H,6H2,1-5H3. The second-order valence-corrected chi connectivity index (χ2v) is 3.95. The van der Waals surface area contributed by atoms with Gasteiger partial charge < -0.3 is 0 Å². The van der Waals surface area contributed by atoms with Crippen molar-refractivity contribution < 1.29 is 0 Å². The van der Waals surface area contributed by atoms with Gasteiger partial charge in [0.2, 0.25) is 0 Å². The third kappa shape index (κ3) is 3.73. The highest BCUT2D eigenvalue weighted by molar-refractivity contribution is 4.88. The van der Waals surface area contributed by atoms with E-state index in [1.807, 2.05) is 14.0 Å². The summed E-state index contributed by atoms with van der Waals surface area (Å²) in [6, 6.07) is 2.77. The Kier molecular flexibility index (Phi) is 4.92. The van der Waals surface area contributed by atoms with Crippen molar-refractivity contribution in [3.8, 4) is 6.07 Å². The van der Waals surface area contributed by atoms with E-state index < -0.39 is 0 Å². The highest BCUT2D eigenvalue weighted by Crippen LogP contribution is 2.11. The van der Waals surface area contributed by atoms with Crippen LogP contribution in [0.25, 0.3) is 0 Å². The molecule has 0 aromatic heterocycles. The van der Waals surface area contributed by atoms with Crippen molar-refractivity contribution in [2.24, 2.45) is 5.92 Å². The third-order valence-electron chi connectivity index (χ3n) is 2.31. The summed E-state index contributed by atoms with van der Waals surface area (Å²) in [5.41, 5.74) is 0. The van der Waals surface area contributed by atoms with E-state index in [4.69, 9.17) is 5.26 Å². The maximum absolute atomic E-state index is 8.70. The van der Waals surface area contributed by atoms with Crippen molar-refractivity contribution >= 4 is 0 Å². The van der Waals surface area contributed by atoms with Crippen molar-refractivity contribution in [3.05, 3.63) is 0 Å². The lowest BCUT2D eigenvalue weighted by molar-refractivity contribution is 0.205. The summed E-state index contributed by atoms with van der Waals surface area (Å²) >= 11 is 0. The summed E-state index contributed by atoms with van der Waals surface area (Å²) in [7, 11) is 2.01. The summed E-state index contributed by atoms with van der Waals surface area (Å²) in [4.78, 5) is 2.12. The van der Waals surface area contributed by atoms with E-state index in [1.165, 1.54) is 0 Å². The molecule has 0 aliphatic carbocycles. The number of rotatable bonds is 4.